The molecular formula is C17H18N2O2. The van der Waals surface area contributed by atoms with Crippen LogP contribution in [0.5, 0.6) is 0 Å². The topological polar surface area (TPSA) is 68.9 Å². The van der Waals surface area contributed by atoms with Gasteiger partial charge in [0.25, 0.3) is 0 Å². The van der Waals surface area contributed by atoms with Crippen molar-refractivity contribution < 1.29 is 5.11 Å². The zero-order chi connectivity index (χ0) is 15.0. The normalized spacial score (nSPS) is 12.7. The number of nitrogens with one attached hydrogen (secondary N) is 2. The first-order valence-electron chi connectivity index (χ1n) is 6.99. The number of benzene rings is 2. The molecule has 0 aliphatic rings. The molecule has 3 N–H and O–H groups in total. The van der Waals surface area contributed by atoms with Gasteiger partial charge in [0.2, 0.25) is 0 Å². The highest BCUT2D eigenvalue weighted by Gasteiger charge is 2.11. The summed E-state index contributed by atoms with van der Waals surface area (Å²) in [7, 11) is 0. The number of aliphatic hydroxyl groups is 1. The smallest absolute Gasteiger partial charge is 0.323 e. The van der Waals surface area contributed by atoms with Gasteiger partial charge in [-0.2, -0.15) is 0 Å². The van der Waals surface area contributed by atoms with Crippen LogP contribution >= 0.6 is 0 Å². The highest BCUT2D eigenvalue weighted by Crippen LogP contribution is 2.22. The van der Waals surface area contributed by atoms with Gasteiger partial charge in [-0.3, -0.25) is 0 Å². The van der Waals surface area contributed by atoms with Gasteiger partial charge in [-0.25, -0.2) is 4.79 Å². The van der Waals surface area contributed by atoms with Crippen LogP contribution in [0, 0.1) is 13.8 Å². The van der Waals surface area contributed by atoms with Crippen molar-refractivity contribution in [2.24, 2.45) is 0 Å². The quantitative estimate of drug-likeness (QED) is 0.691. The molecule has 0 bridgehead atoms. The predicted molar refractivity (Wildman–Crippen MR) is 83.5 cm³/mol. The lowest BCUT2D eigenvalue weighted by Crippen LogP contribution is -2.02. The molecule has 1 heterocycles. The van der Waals surface area contributed by atoms with Crippen LogP contribution in [0.2, 0.25) is 0 Å². The van der Waals surface area contributed by atoms with Crippen molar-refractivity contribution in [3.63, 3.8) is 0 Å². The van der Waals surface area contributed by atoms with Crippen molar-refractivity contribution in [1.29, 1.82) is 0 Å². The van der Waals surface area contributed by atoms with Crippen molar-refractivity contribution in [1.82, 2.24) is 9.97 Å². The van der Waals surface area contributed by atoms with E-state index in [1.807, 2.05) is 24.3 Å². The molecule has 0 amide bonds. The van der Waals surface area contributed by atoms with E-state index in [1.165, 1.54) is 11.1 Å². The fraction of sp³-hybridized carbons (Fsp3) is 0.235. The molecule has 0 aliphatic carbocycles. The maximum atomic E-state index is 11.3. The summed E-state index contributed by atoms with van der Waals surface area (Å²) >= 11 is 0. The maximum Gasteiger partial charge on any atom is 0.323 e. The first-order valence-corrected chi connectivity index (χ1v) is 6.99. The second-order valence-electron chi connectivity index (χ2n) is 5.52. The first-order chi connectivity index (χ1) is 10.0. The van der Waals surface area contributed by atoms with Crippen molar-refractivity contribution in [2.75, 3.05) is 0 Å². The molecule has 3 aromatic rings. The molecule has 2 aromatic carbocycles. The van der Waals surface area contributed by atoms with E-state index in [9.17, 15) is 9.90 Å². The van der Waals surface area contributed by atoms with E-state index < -0.39 is 6.10 Å². The molecule has 1 atom stereocenters. The van der Waals surface area contributed by atoms with E-state index in [0.717, 1.165) is 22.2 Å². The van der Waals surface area contributed by atoms with Gasteiger partial charge in [0.05, 0.1) is 17.1 Å². The average Bonchev–Trinajstić information content (AvgIpc) is 2.82. The minimum Gasteiger partial charge on any atom is -0.388 e. The number of aromatic amines is 2. The molecule has 21 heavy (non-hydrogen) atoms. The minimum atomic E-state index is -0.588. The fourth-order valence-electron chi connectivity index (χ4n) is 2.53. The summed E-state index contributed by atoms with van der Waals surface area (Å²) in [6.07, 6.45) is -0.0312. The largest absolute Gasteiger partial charge is 0.388 e. The molecule has 0 fully saturated rings. The first kappa shape index (κ1) is 13.6. The Labute approximate surface area is 122 Å². The van der Waals surface area contributed by atoms with Crippen LogP contribution in [0.25, 0.3) is 11.0 Å². The summed E-state index contributed by atoms with van der Waals surface area (Å²) in [6, 6.07) is 11.7. The molecule has 0 saturated carbocycles. The van der Waals surface area contributed by atoms with Crippen molar-refractivity contribution in [2.45, 2.75) is 26.4 Å². The fourth-order valence-corrected chi connectivity index (χ4v) is 2.53. The zero-order valence-corrected chi connectivity index (χ0v) is 12.1. The Hall–Kier alpha value is -2.33. The summed E-state index contributed by atoms with van der Waals surface area (Å²) in [4.78, 5) is 16.7. The third-order valence-corrected chi connectivity index (χ3v) is 3.93. The van der Waals surface area contributed by atoms with Crippen LogP contribution in [0.3, 0.4) is 0 Å². The predicted octanol–water partition coefficient (Wildman–Crippen LogP) is 2.75. The lowest BCUT2D eigenvalue weighted by Gasteiger charge is -2.12. The van der Waals surface area contributed by atoms with E-state index >= 15 is 0 Å². The number of rotatable bonds is 3. The zero-order valence-electron chi connectivity index (χ0n) is 12.1. The molecule has 4 nitrogen and oxygen atoms in total. The van der Waals surface area contributed by atoms with Gasteiger partial charge in [-0.05, 0) is 48.2 Å². The van der Waals surface area contributed by atoms with E-state index in [1.54, 1.807) is 0 Å². The van der Waals surface area contributed by atoms with E-state index in [-0.39, 0.29) is 5.69 Å². The number of imidazole rings is 1. The van der Waals surface area contributed by atoms with E-state index in [0.29, 0.717) is 6.42 Å². The molecular weight excluding hydrogens is 264 g/mol. The van der Waals surface area contributed by atoms with Gasteiger partial charge >= 0.3 is 5.69 Å². The minimum absolute atomic E-state index is 0.231. The lowest BCUT2D eigenvalue weighted by molar-refractivity contribution is 0.178. The van der Waals surface area contributed by atoms with Crippen LogP contribution in [-0.2, 0) is 6.42 Å². The average molecular weight is 282 g/mol. The van der Waals surface area contributed by atoms with Gasteiger partial charge in [-0.1, -0.05) is 24.3 Å². The van der Waals surface area contributed by atoms with E-state index in [4.69, 9.17) is 0 Å². The SMILES string of the molecule is Cc1ccc(CC(O)c2ccc3[nH]c(=O)[nH]c3c2)cc1C. The van der Waals surface area contributed by atoms with Crippen molar-refractivity contribution in [3.8, 4) is 0 Å². The number of aliphatic hydroxyl groups excluding tert-OH is 1. The molecule has 1 unspecified atom stereocenters. The third kappa shape index (κ3) is 2.76. The van der Waals surface area contributed by atoms with Gasteiger partial charge in [-0.15, -0.1) is 0 Å². The number of hydrogen-bond acceptors (Lipinski definition) is 2. The number of aromatic nitrogens is 2. The third-order valence-electron chi connectivity index (χ3n) is 3.93. The van der Waals surface area contributed by atoms with Crippen LogP contribution < -0.4 is 5.69 Å². The monoisotopic (exact) mass is 282 g/mol. The maximum absolute atomic E-state index is 11.3. The summed E-state index contributed by atoms with van der Waals surface area (Å²) in [5.74, 6) is 0. The number of H-pyrrole nitrogens is 2. The standard InChI is InChI=1S/C17H18N2O2/c1-10-3-4-12(7-11(10)2)8-16(20)13-5-6-14-15(9-13)19-17(21)18-14/h3-7,9,16,20H,8H2,1-2H3,(H2,18,19,21). The van der Waals surface area contributed by atoms with Gasteiger partial charge < -0.3 is 15.1 Å². The Morgan fingerprint density at radius 2 is 1.76 bits per heavy atom. The molecule has 0 spiro atoms. The molecule has 0 radical (unpaired) electrons. The van der Waals surface area contributed by atoms with Gasteiger partial charge in [0, 0.05) is 6.42 Å². The van der Waals surface area contributed by atoms with Gasteiger partial charge in [0.1, 0.15) is 0 Å². The van der Waals surface area contributed by atoms with Crippen LogP contribution in [0.1, 0.15) is 28.4 Å². The Kier molecular flexibility index (Phi) is 3.39. The summed E-state index contributed by atoms with van der Waals surface area (Å²) < 4.78 is 0. The Morgan fingerprint density at radius 3 is 2.52 bits per heavy atom. The second-order valence-corrected chi connectivity index (χ2v) is 5.52. The molecule has 0 aliphatic heterocycles. The van der Waals surface area contributed by atoms with Crippen molar-refractivity contribution in [3.05, 3.63) is 69.1 Å². The molecule has 3 rings (SSSR count). The Bertz CT molecular complexity index is 845. The lowest BCUT2D eigenvalue weighted by atomic mass is 9.98. The van der Waals surface area contributed by atoms with Crippen LogP contribution in [0.15, 0.2) is 41.2 Å². The highest BCUT2D eigenvalue weighted by molar-refractivity contribution is 5.75. The second kappa shape index (κ2) is 5.22. The van der Waals surface area contributed by atoms with Crippen LogP contribution in [0.4, 0.5) is 0 Å². The number of hydrogen-bond donors (Lipinski definition) is 3. The van der Waals surface area contributed by atoms with E-state index in [2.05, 4.69) is 35.9 Å². The molecule has 0 saturated heterocycles. The Balaban J connectivity index is 1.87. The molecule has 108 valence electrons. The molecule has 1 aromatic heterocycles. The Morgan fingerprint density at radius 1 is 1.00 bits per heavy atom. The highest BCUT2D eigenvalue weighted by atomic mass is 16.3. The number of fused-ring (bicyclic) bond motifs is 1. The van der Waals surface area contributed by atoms with Crippen LogP contribution in [-0.4, -0.2) is 15.1 Å². The number of aryl methyl sites for hydroxylation is 2. The molecule has 4 heteroatoms. The van der Waals surface area contributed by atoms with Gasteiger partial charge in [0.15, 0.2) is 0 Å². The summed E-state index contributed by atoms with van der Waals surface area (Å²) in [6.45, 7) is 4.15. The summed E-state index contributed by atoms with van der Waals surface area (Å²) in [5, 5.41) is 10.4. The van der Waals surface area contributed by atoms with Crippen molar-refractivity contribution >= 4 is 11.0 Å². The summed E-state index contributed by atoms with van der Waals surface area (Å²) in [5.41, 5.74) is 5.62.